The highest BCUT2D eigenvalue weighted by atomic mass is 32.2. The van der Waals surface area contributed by atoms with Crippen molar-refractivity contribution in [3.05, 3.63) is 0 Å². The van der Waals surface area contributed by atoms with Gasteiger partial charge in [0, 0.05) is 64.6 Å². The fourth-order valence-corrected chi connectivity index (χ4v) is 9.03. The molecular weight excluding hydrogens is 949 g/mol. The van der Waals surface area contributed by atoms with Crippen LogP contribution in [0.2, 0.25) is 0 Å². The molecule has 4 saturated heterocycles. The lowest BCUT2D eigenvalue weighted by Gasteiger charge is -2.51. The molecule has 394 valence electrons. The van der Waals surface area contributed by atoms with Gasteiger partial charge in [0.25, 0.3) is 5.79 Å². The maximum Gasteiger partial charge on any atom is 0.364 e. The average molecular weight is 1020 g/mol. The number of imide groups is 1. The molecule has 28 heteroatoms. The highest BCUT2D eigenvalue weighted by Crippen LogP contribution is 2.41. The highest BCUT2D eigenvalue weighted by Gasteiger charge is 2.60. The van der Waals surface area contributed by atoms with Crippen molar-refractivity contribution in [2.75, 3.05) is 58.9 Å². The van der Waals surface area contributed by atoms with E-state index < -0.39 is 165 Å². The van der Waals surface area contributed by atoms with Crippen LogP contribution in [0.4, 0.5) is 0 Å². The first-order chi connectivity index (χ1) is 32.6. The minimum absolute atomic E-state index is 0.0244. The number of ketones is 1. The second-order valence-corrected chi connectivity index (χ2v) is 18.2. The molecule has 0 aromatic rings. The minimum atomic E-state index is -3.12. The molecule has 4 aliphatic heterocycles. The summed E-state index contributed by atoms with van der Waals surface area (Å²) >= 11 is 1.27. The zero-order chi connectivity index (χ0) is 51.3. The number of rotatable bonds is 26. The molecule has 4 rings (SSSR count). The van der Waals surface area contributed by atoms with Crippen LogP contribution in [-0.2, 0) is 62.0 Å². The van der Waals surface area contributed by atoms with Gasteiger partial charge in [-0.1, -0.05) is 0 Å². The van der Waals surface area contributed by atoms with E-state index in [0.29, 0.717) is 6.42 Å². The normalized spacial score (nSPS) is 34.8. The minimum Gasteiger partial charge on any atom is -0.477 e. The van der Waals surface area contributed by atoms with E-state index in [9.17, 15) is 84.6 Å². The Kier molecular flexibility index (Phi) is 22.5. The van der Waals surface area contributed by atoms with Gasteiger partial charge in [-0.05, 0) is 19.6 Å². The predicted octanol–water partition coefficient (Wildman–Crippen LogP) is -7.03. The topological polar surface area (TPSA) is 417 Å². The number of nitrogens with one attached hydrogen (secondary N) is 3. The summed E-state index contributed by atoms with van der Waals surface area (Å²) in [5.74, 6) is -9.65. The van der Waals surface area contributed by atoms with E-state index in [1.54, 1.807) is 6.26 Å². The van der Waals surface area contributed by atoms with Gasteiger partial charge in [-0.3, -0.25) is 33.7 Å². The van der Waals surface area contributed by atoms with E-state index in [2.05, 4.69) is 16.0 Å². The molecule has 0 aromatic heterocycles. The molecular formula is C41H66N4O23S. The Bertz CT molecular complexity index is 1770. The summed E-state index contributed by atoms with van der Waals surface area (Å²) in [6, 6.07) is -1.14. The summed E-state index contributed by atoms with van der Waals surface area (Å²) in [4.78, 5) is 88.3. The molecule has 0 spiro atoms. The van der Waals surface area contributed by atoms with E-state index in [-0.39, 0.29) is 63.3 Å². The van der Waals surface area contributed by atoms with Gasteiger partial charge in [0.1, 0.15) is 54.9 Å². The SMILES string of the molecule is CSC1CC(=O)N(CCC(=O)NCCCOCCC(=O)NCC(=O)C[C@H]2C([C@H](O)[C@H](O)CO)O[C@@](O[C@@H]3C(O)[C@H](O[C@@H]4C(NC(C)=O)[C@@H](C)OC(CO)[C@@H]4O)OC(CO)[C@@H]3O)(C(=O)O)C[C@H]2O)C1=O. The number of ether oxygens (including phenoxy) is 6. The van der Waals surface area contributed by atoms with Crippen LogP contribution in [0.25, 0.3) is 0 Å². The van der Waals surface area contributed by atoms with E-state index in [1.807, 2.05) is 0 Å². The number of nitrogens with zero attached hydrogens (tertiary/aromatic N) is 1. The summed E-state index contributed by atoms with van der Waals surface area (Å²) in [5.41, 5.74) is 0. The quantitative estimate of drug-likeness (QED) is 0.0283. The third-order valence-corrected chi connectivity index (χ3v) is 13.1. The summed E-state index contributed by atoms with van der Waals surface area (Å²) in [6.45, 7) is -0.548. The van der Waals surface area contributed by atoms with E-state index in [4.69, 9.17) is 28.4 Å². The molecule has 17 atom stereocenters. The number of carbonyl (C=O) groups excluding carboxylic acids is 6. The lowest BCUT2D eigenvalue weighted by atomic mass is 9.80. The van der Waals surface area contributed by atoms with Gasteiger partial charge >= 0.3 is 5.97 Å². The van der Waals surface area contributed by atoms with Crippen molar-refractivity contribution in [3.63, 3.8) is 0 Å². The molecule has 0 saturated carbocycles. The van der Waals surface area contributed by atoms with Crippen LogP contribution in [0.3, 0.4) is 0 Å². The second kappa shape index (κ2) is 26.8. The molecule has 0 radical (unpaired) electrons. The van der Waals surface area contributed by atoms with Crippen molar-refractivity contribution >= 4 is 53.1 Å². The predicted molar refractivity (Wildman–Crippen MR) is 230 cm³/mol. The van der Waals surface area contributed by atoms with Crippen molar-refractivity contribution < 1.29 is 113 Å². The maximum absolute atomic E-state index is 13.2. The van der Waals surface area contributed by atoms with Gasteiger partial charge in [-0.25, -0.2) is 4.79 Å². The maximum atomic E-state index is 13.2. The Balaban J connectivity index is 1.34. The molecule has 4 heterocycles. The Morgan fingerprint density at radius 3 is 2.17 bits per heavy atom. The number of hydrogen-bond acceptors (Lipinski definition) is 23. The Morgan fingerprint density at radius 1 is 0.913 bits per heavy atom. The van der Waals surface area contributed by atoms with Crippen LogP contribution < -0.4 is 16.0 Å². The van der Waals surface area contributed by atoms with E-state index >= 15 is 0 Å². The zero-order valence-corrected chi connectivity index (χ0v) is 39.1. The van der Waals surface area contributed by atoms with Gasteiger partial charge in [-0.2, -0.15) is 11.8 Å². The summed E-state index contributed by atoms with van der Waals surface area (Å²) < 4.78 is 34.0. The first-order valence-electron chi connectivity index (χ1n) is 22.4. The Hall–Kier alpha value is -3.56. The second-order valence-electron chi connectivity index (χ2n) is 17.1. The number of thioether (sulfide) groups is 1. The van der Waals surface area contributed by atoms with Crippen molar-refractivity contribution in [3.8, 4) is 0 Å². The van der Waals surface area contributed by atoms with Crippen LogP contribution >= 0.6 is 11.8 Å². The zero-order valence-electron chi connectivity index (χ0n) is 38.3. The molecule has 0 bridgehead atoms. The number of aliphatic hydroxyl groups excluding tert-OH is 9. The lowest BCUT2D eigenvalue weighted by molar-refractivity contribution is -0.381. The van der Waals surface area contributed by atoms with Crippen molar-refractivity contribution in [1.82, 2.24) is 20.9 Å². The van der Waals surface area contributed by atoms with Gasteiger partial charge in [0.05, 0.1) is 62.6 Å². The fraction of sp³-hybridized carbons (Fsp3) is 0.829. The summed E-state index contributed by atoms with van der Waals surface area (Å²) in [5, 5.41) is 114. The van der Waals surface area contributed by atoms with Crippen LogP contribution in [0.5, 0.6) is 0 Å². The van der Waals surface area contributed by atoms with Crippen LogP contribution in [0, 0.1) is 5.92 Å². The highest BCUT2D eigenvalue weighted by molar-refractivity contribution is 8.00. The monoisotopic (exact) mass is 1010 g/mol. The molecule has 4 aliphatic rings. The molecule has 0 aliphatic carbocycles. The molecule has 0 aromatic carbocycles. The number of carboxylic acids is 1. The van der Waals surface area contributed by atoms with Crippen molar-refractivity contribution in [2.24, 2.45) is 5.92 Å². The molecule has 27 nitrogen and oxygen atoms in total. The lowest BCUT2D eigenvalue weighted by Crippen LogP contribution is -2.69. The van der Waals surface area contributed by atoms with Gasteiger partial charge in [-0.15, -0.1) is 0 Å². The third kappa shape index (κ3) is 15.0. The van der Waals surface area contributed by atoms with Gasteiger partial charge in [0.2, 0.25) is 29.5 Å². The van der Waals surface area contributed by atoms with Crippen molar-refractivity contribution in [1.29, 1.82) is 0 Å². The summed E-state index contributed by atoms with van der Waals surface area (Å²) in [6.07, 6.45) is -23.5. The first-order valence-corrected chi connectivity index (χ1v) is 23.6. The fourth-order valence-electron chi connectivity index (χ4n) is 8.39. The number of Topliss-reactive ketones (excluding diaryl/α,β-unsaturated/α-hetero) is 1. The number of likely N-dealkylation sites (tertiary alicyclic amines) is 1. The third-order valence-electron chi connectivity index (χ3n) is 12.2. The molecule has 69 heavy (non-hydrogen) atoms. The van der Waals surface area contributed by atoms with Crippen LogP contribution in [0.1, 0.15) is 52.4 Å². The largest absolute Gasteiger partial charge is 0.477 e. The van der Waals surface area contributed by atoms with Gasteiger partial charge < -0.3 is 95.4 Å². The first kappa shape index (κ1) is 58.0. The van der Waals surface area contributed by atoms with E-state index in [1.165, 1.54) is 18.7 Å². The van der Waals surface area contributed by atoms with Crippen LogP contribution in [0.15, 0.2) is 0 Å². The standard InChI is InChI=1S/C41H66N4O23S/c1-18-30(44-19(2)49)36(32(57)24(16-47)64-18)66-39-34(59)37(33(58)25(17-48)65-39)68-41(40(61)62)13-22(51)21(35(67-41)31(56)23(52)15-46)11-20(50)14-43-28(54)6-10-63-9-4-7-42-27(53)5-8-45-29(55)12-26(69-3)38(45)60/h18,21-26,30-37,39,46-48,51-52,56-59H,4-17H2,1-3H3,(H,42,53)(H,43,54)(H,44,49)(H,61,62)/t18-,21-,22-,23-,24?,25?,26?,30?,31-,32+,33+,34?,35?,36-,37+,39+,41+/m1/s1. The molecule has 4 fully saturated rings. The number of carbonyl (C=O) groups is 7. The number of amides is 5. The van der Waals surface area contributed by atoms with Gasteiger partial charge in [0.15, 0.2) is 12.1 Å². The number of aliphatic hydroxyl groups is 9. The molecule has 13 N–H and O–H groups in total. The number of aliphatic carboxylic acids is 1. The Labute approximate surface area is 400 Å². The molecule has 5 amide bonds. The average Bonchev–Trinajstić information content (AvgIpc) is 3.59. The van der Waals surface area contributed by atoms with E-state index in [0.717, 1.165) is 11.8 Å². The van der Waals surface area contributed by atoms with Crippen LogP contribution in [-0.4, -0.2) is 253 Å². The number of hydrogen-bond donors (Lipinski definition) is 13. The smallest absolute Gasteiger partial charge is 0.364 e. The Morgan fingerprint density at radius 2 is 1.57 bits per heavy atom. The summed E-state index contributed by atoms with van der Waals surface area (Å²) in [7, 11) is 0. The molecule has 6 unspecified atom stereocenters. The number of carboxylic acid groups (broad SMARTS) is 1. The van der Waals surface area contributed by atoms with Crippen molar-refractivity contribution in [2.45, 2.75) is 149 Å².